The van der Waals surface area contributed by atoms with E-state index in [1.54, 1.807) is 0 Å². The fourth-order valence-corrected chi connectivity index (χ4v) is 2.94. The molecule has 2 unspecified atom stereocenters. The van der Waals surface area contributed by atoms with E-state index in [2.05, 4.69) is 42.6 Å². The van der Waals surface area contributed by atoms with Gasteiger partial charge in [-0.05, 0) is 31.9 Å². The molecular weight excluding hydrogens is 230 g/mol. The van der Waals surface area contributed by atoms with Crippen LogP contribution >= 0.6 is 11.8 Å². The molecule has 1 aromatic rings. The average molecular weight is 251 g/mol. The van der Waals surface area contributed by atoms with Crippen LogP contribution in [0.25, 0.3) is 0 Å². The molecule has 0 amide bonds. The predicted octanol–water partition coefficient (Wildman–Crippen LogP) is 2.94. The molecule has 2 nitrogen and oxygen atoms in total. The van der Waals surface area contributed by atoms with Crippen molar-refractivity contribution in [2.24, 2.45) is 0 Å². The summed E-state index contributed by atoms with van der Waals surface area (Å²) in [5.41, 5.74) is 0. The van der Waals surface area contributed by atoms with Crippen LogP contribution < -0.4 is 5.32 Å². The normalized spacial score (nSPS) is 24.8. The topological polar surface area (TPSA) is 21.3 Å². The van der Waals surface area contributed by atoms with Gasteiger partial charge >= 0.3 is 0 Å². The van der Waals surface area contributed by atoms with Crippen molar-refractivity contribution in [2.45, 2.75) is 36.8 Å². The first kappa shape index (κ1) is 12.9. The van der Waals surface area contributed by atoms with Gasteiger partial charge in [0.25, 0.3) is 0 Å². The van der Waals surface area contributed by atoms with Crippen molar-refractivity contribution in [1.82, 2.24) is 5.32 Å². The largest absolute Gasteiger partial charge is 0.378 e. The molecule has 17 heavy (non-hydrogen) atoms. The lowest BCUT2D eigenvalue weighted by Gasteiger charge is -2.28. The maximum Gasteiger partial charge on any atom is 0.0561 e. The molecule has 0 radical (unpaired) electrons. The van der Waals surface area contributed by atoms with Crippen LogP contribution in [0.1, 0.15) is 19.8 Å². The highest BCUT2D eigenvalue weighted by molar-refractivity contribution is 7.99. The highest BCUT2D eigenvalue weighted by Crippen LogP contribution is 2.17. The first-order chi connectivity index (χ1) is 8.34. The SMILES string of the molecule is CC1CC(NCCSc2ccccc2)CCO1. The molecule has 0 saturated carbocycles. The second kappa shape index (κ2) is 7.04. The molecular formula is C14H21NOS. The minimum atomic E-state index is 0.419. The van der Waals surface area contributed by atoms with Gasteiger partial charge in [0.2, 0.25) is 0 Å². The van der Waals surface area contributed by atoms with E-state index in [1.165, 1.54) is 4.90 Å². The zero-order valence-electron chi connectivity index (χ0n) is 10.4. The number of hydrogen-bond acceptors (Lipinski definition) is 3. The van der Waals surface area contributed by atoms with Gasteiger partial charge in [0, 0.05) is 29.8 Å². The number of benzene rings is 1. The summed E-state index contributed by atoms with van der Waals surface area (Å²) in [6, 6.07) is 11.2. The number of thioether (sulfide) groups is 1. The maximum atomic E-state index is 5.54. The van der Waals surface area contributed by atoms with Crippen molar-refractivity contribution in [3.05, 3.63) is 30.3 Å². The smallest absolute Gasteiger partial charge is 0.0561 e. The summed E-state index contributed by atoms with van der Waals surface area (Å²) in [7, 11) is 0. The van der Waals surface area contributed by atoms with Gasteiger partial charge in [0.15, 0.2) is 0 Å². The van der Waals surface area contributed by atoms with Crippen LogP contribution in [-0.4, -0.2) is 31.1 Å². The van der Waals surface area contributed by atoms with Crippen LogP contribution in [-0.2, 0) is 4.74 Å². The van der Waals surface area contributed by atoms with E-state index in [0.29, 0.717) is 12.1 Å². The number of hydrogen-bond donors (Lipinski definition) is 1. The van der Waals surface area contributed by atoms with Gasteiger partial charge in [0.1, 0.15) is 0 Å². The Hall–Kier alpha value is -0.510. The molecule has 1 N–H and O–H groups in total. The van der Waals surface area contributed by atoms with Crippen LogP contribution in [0.15, 0.2) is 35.2 Å². The van der Waals surface area contributed by atoms with Gasteiger partial charge in [0.05, 0.1) is 6.10 Å². The highest BCUT2D eigenvalue weighted by atomic mass is 32.2. The second-order valence-electron chi connectivity index (χ2n) is 4.52. The van der Waals surface area contributed by atoms with Gasteiger partial charge in [-0.25, -0.2) is 0 Å². The standard InChI is InChI=1S/C14H21NOS/c1-12-11-13(7-9-16-12)15-8-10-17-14-5-3-2-4-6-14/h2-6,12-13,15H,7-11H2,1H3. The minimum absolute atomic E-state index is 0.419. The number of rotatable bonds is 5. The van der Waals surface area contributed by atoms with E-state index in [-0.39, 0.29) is 0 Å². The molecule has 1 aliphatic rings. The Kier molecular flexibility index (Phi) is 5.36. The lowest BCUT2D eigenvalue weighted by molar-refractivity contribution is 0.0138. The summed E-state index contributed by atoms with van der Waals surface area (Å²) < 4.78 is 5.54. The summed E-state index contributed by atoms with van der Waals surface area (Å²) in [4.78, 5) is 1.36. The molecule has 94 valence electrons. The zero-order chi connectivity index (χ0) is 11.9. The van der Waals surface area contributed by atoms with E-state index >= 15 is 0 Å². The Labute approximate surface area is 108 Å². The molecule has 0 spiro atoms. The van der Waals surface area contributed by atoms with Crippen LogP contribution in [0.4, 0.5) is 0 Å². The summed E-state index contributed by atoms with van der Waals surface area (Å²) >= 11 is 1.92. The fraction of sp³-hybridized carbons (Fsp3) is 0.571. The molecule has 0 aromatic heterocycles. The monoisotopic (exact) mass is 251 g/mol. The van der Waals surface area contributed by atoms with Gasteiger partial charge in [-0.3, -0.25) is 0 Å². The number of nitrogens with one attached hydrogen (secondary N) is 1. The molecule has 2 atom stereocenters. The molecule has 1 aliphatic heterocycles. The van der Waals surface area contributed by atoms with Crippen LogP contribution in [0, 0.1) is 0 Å². The Morgan fingerprint density at radius 1 is 1.35 bits per heavy atom. The minimum Gasteiger partial charge on any atom is -0.378 e. The van der Waals surface area contributed by atoms with Crippen molar-refractivity contribution in [3.63, 3.8) is 0 Å². The summed E-state index contributed by atoms with van der Waals surface area (Å²) in [5.74, 6) is 1.13. The summed E-state index contributed by atoms with van der Waals surface area (Å²) in [6.45, 7) is 4.15. The Morgan fingerprint density at radius 3 is 2.94 bits per heavy atom. The molecule has 2 rings (SSSR count). The van der Waals surface area contributed by atoms with E-state index in [4.69, 9.17) is 4.74 Å². The van der Waals surface area contributed by atoms with Crippen molar-refractivity contribution in [3.8, 4) is 0 Å². The number of ether oxygens (including phenoxy) is 1. The summed E-state index contributed by atoms with van der Waals surface area (Å²) in [6.07, 6.45) is 2.72. The van der Waals surface area contributed by atoms with Crippen molar-refractivity contribution < 1.29 is 4.74 Å². The lowest BCUT2D eigenvalue weighted by atomic mass is 10.0. The predicted molar refractivity (Wildman–Crippen MR) is 73.6 cm³/mol. The highest BCUT2D eigenvalue weighted by Gasteiger charge is 2.18. The van der Waals surface area contributed by atoms with Gasteiger partial charge in [-0.1, -0.05) is 18.2 Å². The van der Waals surface area contributed by atoms with E-state index < -0.39 is 0 Å². The molecule has 1 saturated heterocycles. The van der Waals surface area contributed by atoms with Crippen LogP contribution in [0.5, 0.6) is 0 Å². The average Bonchev–Trinajstić information content (AvgIpc) is 2.36. The molecule has 1 heterocycles. The van der Waals surface area contributed by atoms with E-state index in [1.807, 2.05) is 11.8 Å². The van der Waals surface area contributed by atoms with Crippen LogP contribution in [0.3, 0.4) is 0 Å². The first-order valence-corrected chi connectivity index (χ1v) is 7.36. The third-order valence-electron chi connectivity index (χ3n) is 3.03. The quantitative estimate of drug-likeness (QED) is 0.642. The van der Waals surface area contributed by atoms with Crippen molar-refractivity contribution >= 4 is 11.8 Å². The fourth-order valence-electron chi connectivity index (χ4n) is 2.13. The van der Waals surface area contributed by atoms with Gasteiger partial charge in [-0.15, -0.1) is 11.8 Å². The zero-order valence-corrected chi connectivity index (χ0v) is 11.2. The second-order valence-corrected chi connectivity index (χ2v) is 5.69. The van der Waals surface area contributed by atoms with Gasteiger partial charge in [-0.2, -0.15) is 0 Å². The van der Waals surface area contributed by atoms with Gasteiger partial charge < -0.3 is 10.1 Å². The van der Waals surface area contributed by atoms with Crippen LogP contribution in [0.2, 0.25) is 0 Å². The van der Waals surface area contributed by atoms with Crippen molar-refractivity contribution in [1.29, 1.82) is 0 Å². The Morgan fingerprint density at radius 2 is 2.18 bits per heavy atom. The molecule has 3 heteroatoms. The van der Waals surface area contributed by atoms with Crippen molar-refractivity contribution in [2.75, 3.05) is 18.9 Å². The molecule has 0 bridgehead atoms. The third kappa shape index (κ3) is 4.70. The van der Waals surface area contributed by atoms with E-state index in [9.17, 15) is 0 Å². The molecule has 0 aliphatic carbocycles. The first-order valence-electron chi connectivity index (χ1n) is 6.37. The third-order valence-corrected chi connectivity index (χ3v) is 4.05. The molecule has 1 aromatic carbocycles. The Balaban J connectivity index is 1.60. The Bertz CT molecular complexity index is 317. The molecule has 1 fully saturated rings. The maximum absolute atomic E-state index is 5.54. The van der Waals surface area contributed by atoms with E-state index in [0.717, 1.165) is 31.7 Å². The summed E-state index contributed by atoms with van der Waals surface area (Å²) in [5, 5.41) is 3.62. The lowest BCUT2D eigenvalue weighted by Crippen LogP contribution is -2.38.